The lowest BCUT2D eigenvalue weighted by Crippen LogP contribution is -2.37. The summed E-state index contributed by atoms with van der Waals surface area (Å²) in [5.74, 6) is -1.53. The molecular weight excluding hydrogens is 388 g/mol. The third-order valence-electron chi connectivity index (χ3n) is 3.85. The number of thioether (sulfide) groups is 1. The van der Waals surface area contributed by atoms with Crippen LogP contribution in [0.15, 0.2) is 46.1 Å². The van der Waals surface area contributed by atoms with Crippen LogP contribution in [0.4, 0.5) is 0 Å². The monoisotopic (exact) mass is 422 g/mol. The molecule has 0 aliphatic carbocycles. The molecule has 0 heterocycles. The molecular formula is C22H34N2O4S. The number of rotatable bonds is 13. The molecule has 0 aromatic rings. The molecule has 0 saturated heterocycles. The molecule has 2 amide bonds. The Kier molecular flexibility index (Phi) is 14.4. The van der Waals surface area contributed by atoms with Gasteiger partial charge in [0, 0.05) is 18.1 Å². The first-order chi connectivity index (χ1) is 13.6. The number of carbonyl (C=O) groups is 3. The highest BCUT2D eigenvalue weighted by Gasteiger charge is 2.11. The topological polar surface area (TPSA) is 95.5 Å². The molecule has 162 valence electrons. The molecule has 0 saturated carbocycles. The Morgan fingerprint density at radius 2 is 1.48 bits per heavy atom. The molecule has 3 N–H and O–H groups in total. The molecule has 0 spiro atoms. The van der Waals surface area contributed by atoms with Gasteiger partial charge in [-0.15, -0.1) is 11.8 Å². The summed E-state index contributed by atoms with van der Waals surface area (Å²) >= 11 is 1.29. The summed E-state index contributed by atoms with van der Waals surface area (Å²) in [5, 5.41) is 15.2. The van der Waals surface area contributed by atoms with Crippen molar-refractivity contribution in [3.8, 4) is 0 Å². The summed E-state index contributed by atoms with van der Waals surface area (Å²) in [6, 6.07) is 0. The van der Waals surface area contributed by atoms with Crippen LogP contribution in [0.2, 0.25) is 0 Å². The van der Waals surface area contributed by atoms with Crippen molar-refractivity contribution >= 4 is 29.5 Å². The first-order valence-electron chi connectivity index (χ1n) is 9.65. The lowest BCUT2D eigenvalue weighted by atomic mass is 10.1. The second-order valence-corrected chi connectivity index (χ2v) is 7.99. The number of aliphatic carboxylic acids is 1. The highest BCUT2D eigenvalue weighted by atomic mass is 32.2. The van der Waals surface area contributed by atoms with Gasteiger partial charge in [0.25, 0.3) is 0 Å². The molecule has 6 nitrogen and oxygen atoms in total. The van der Waals surface area contributed by atoms with Gasteiger partial charge in [-0.05, 0) is 53.4 Å². The molecule has 0 aromatic heterocycles. The molecule has 0 rings (SSSR count). The van der Waals surface area contributed by atoms with Crippen molar-refractivity contribution in [2.45, 2.75) is 60.3 Å². The Bertz CT molecular complexity index is 687. The quantitative estimate of drug-likeness (QED) is 0.233. The molecule has 0 radical (unpaired) electrons. The first kappa shape index (κ1) is 26.7. The molecule has 0 fully saturated rings. The second-order valence-electron chi connectivity index (χ2n) is 7.09. The van der Waals surface area contributed by atoms with Crippen molar-refractivity contribution in [3.05, 3.63) is 46.1 Å². The normalized spacial score (nSPS) is 12.4. The lowest BCUT2D eigenvalue weighted by Gasteiger charge is -2.06. The van der Waals surface area contributed by atoms with Gasteiger partial charge >= 0.3 is 5.97 Å². The fraction of sp³-hybridized carbons (Fsp3) is 0.500. The third-order valence-corrected chi connectivity index (χ3v) is 4.62. The van der Waals surface area contributed by atoms with Gasteiger partial charge in [0.2, 0.25) is 11.8 Å². The van der Waals surface area contributed by atoms with Crippen LogP contribution in [0, 0.1) is 0 Å². The Hall–Kier alpha value is -2.28. The van der Waals surface area contributed by atoms with Crippen molar-refractivity contribution in [2.24, 2.45) is 0 Å². The predicted octanol–water partition coefficient (Wildman–Crippen LogP) is 4.32. The van der Waals surface area contributed by atoms with Crippen LogP contribution in [0.1, 0.15) is 60.3 Å². The van der Waals surface area contributed by atoms with Crippen molar-refractivity contribution in [1.29, 1.82) is 0 Å². The van der Waals surface area contributed by atoms with Gasteiger partial charge in [0.1, 0.15) is 5.70 Å². The van der Waals surface area contributed by atoms with Gasteiger partial charge in [-0.1, -0.05) is 34.9 Å². The maximum Gasteiger partial charge on any atom is 0.352 e. The summed E-state index contributed by atoms with van der Waals surface area (Å²) in [6.45, 7) is 9.47. The number of carboxylic acids is 1. The summed E-state index contributed by atoms with van der Waals surface area (Å²) < 4.78 is 0. The average Bonchev–Trinajstić information content (AvgIpc) is 2.61. The zero-order chi connectivity index (χ0) is 22.2. The van der Waals surface area contributed by atoms with E-state index in [1.807, 2.05) is 0 Å². The number of carbonyl (C=O) groups excluding carboxylic acids is 2. The highest BCUT2D eigenvalue weighted by Crippen LogP contribution is 2.13. The summed E-state index contributed by atoms with van der Waals surface area (Å²) in [6.07, 6.45) is 10.7. The predicted molar refractivity (Wildman–Crippen MR) is 120 cm³/mol. The van der Waals surface area contributed by atoms with E-state index in [9.17, 15) is 14.4 Å². The van der Waals surface area contributed by atoms with Gasteiger partial charge < -0.3 is 15.7 Å². The fourth-order valence-corrected chi connectivity index (χ4v) is 3.00. The summed E-state index contributed by atoms with van der Waals surface area (Å²) in [4.78, 5) is 33.6. The van der Waals surface area contributed by atoms with Gasteiger partial charge in [0.05, 0.1) is 6.54 Å². The van der Waals surface area contributed by atoms with Gasteiger partial charge in [-0.25, -0.2) is 4.79 Å². The second kappa shape index (κ2) is 15.6. The average molecular weight is 423 g/mol. The van der Waals surface area contributed by atoms with Crippen molar-refractivity contribution in [2.75, 3.05) is 12.3 Å². The van der Waals surface area contributed by atoms with E-state index in [1.54, 1.807) is 0 Å². The van der Waals surface area contributed by atoms with Gasteiger partial charge in [-0.2, -0.15) is 0 Å². The van der Waals surface area contributed by atoms with Crippen LogP contribution < -0.4 is 10.6 Å². The summed E-state index contributed by atoms with van der Waals surface area (Å²) in [7, 11) is 0. The minimum atomic E-state index is -1.22. The minimum Gasteiger partial charge on any atom is -0.477 e. The van der Waals surface area contributed by atoms with E-state index in [0.29, 0.717) is 5.75 Å². The van der Waals surface area contributed by atoms with E-state index in [0.717, 1.165) is 25.7 Å². The molecule has 0 unspecified atom stereocenters. The Morgan fingerprint density at radius 3 is 2.03 bits per heavy atom. The molecule has 0 atom stereocenters. The number of allylic oxidation sites excluding steroid dienone is 5. The number of amides is 2. The van der Waals surface area contributed by atoms with Crippen LogP contribution in [-0.4, -0.2) is 35.2 Å². The van der Waals surface area contributed by atoms with E-state index in [2.05, 4.69) is 56.6 Å². The Labute approximate surface area is 178 Å². The third kappa shape index (κ3) is 16.4. The number of hydrogen-bond donors (Lipinski definition) is 3. The molecule has 7 heteroatoms. The van der Waals surface area contributed by atoms with Crippen LogP contribution in [-0.2, 0) is 14.4 Å². The van der Waals surface area contributed by atoms with Crippen LogP contribution in [0.5, 0.6) is 0 Å². The highest BCUT2D eigenvalue weighted by molar-refractivity contribution is 8.02. The van der Waals surface area contributed by atoms with E-state index >= 15 is 0 Å². The molecule has 0 aromatic carbocycles. The standard InChI is InChI=1S/C22H34N2O4S/c1-16(2)8-6-9-17(3)10-7-11-18(4)12-13-29-15-20(22(27)28)24-21(26)14-23-19(5)25/h8,10,12,15H,6-7,9,11,13-14H2,1-5H3,(H,23,25)(H,24,26)(H,27,28). The van der Waals surface area contributed by atoms with Crippen molar-refractivity contribution < 1.29 is 19.5 Å². The van der Waals surface area contributed by atoms with E-state index < -0.39 is 11.9 Å². The lowest BCUT2D eigenvalue weighted by molar-refractivity contribution is -0.134. The van der Waals surface area contributed by atoms with Crippen LogP contribution >= 0.6 is 11.8 Å². The summed E-state index contributed by atoms with van der Waals surface area (Å²) in [5.41, 5.74) is 3.78. The number of carboxylic acid groups (broad SMARTS) is 1. The fourth-order valence-electron chi connectivity index (χ4n) is 2.19. The molecule has 0 bridgehead atoms. The smallest absolute Gasteiger partial charge is 0.352 e. The van der Waals surface area contributed by atoms with E-state index in [1.165, 1.54) is 40.8 Å². The van der Waals surface area contributed by atoms with Crippen molar-refractivity contribution in [1.82, 2.24) is 10.6 Å². The zero-order valence-corrected chi connectivity index (χ0v) is 18.9. The molecule has 0 aliphatic heterocycles. The number of nitrogens with one attached hydrogen (secondary N) is 2. The zero-order valence-electron chi connectivity index (χ0n) is 18.1. The maximum atomic E-state index is 11.6. The van der Waals surface area contributed by atoms with Crippen molar-refractivity contribution in [3.63, 3.8) is 0 Å². The first-order valence-corrected chi connectivity index (χ1v) is 10.7. The van der Waals surface area contributed by atoms with Gasteiger partial charge in [0.15, 0.2) is 0 Å². The molecule has 0 aliphatic rings. The van der Waals surface area contributed by atoms with Crippen LogP contribution in [0.25, 0.3) is 0 Å². The van der Waals surface area contributed by atoms with Crippen LogP contribution in [0.3, 0.4) is 0 Å². The van der Waals surface area contributed by atoms with Gasteiger partial charge in [-0.3, -0.25) is 9.59 Å². The Balaban J connectivity index is 4.37. The van der Waals surface area contributed by atoms with E-state index in [4.69, 9.17) is 5.11 Å². The molecule has 29 heavy (non-hydrogen) atoms. The maximum absolute atomic E-state index is 11.6. The Morgan fingerprint density at radius 1 is 0.897 bits per heavy atom. The van der Waals surface area contributed by atoms with E-state index in [-0.39, 0.29) is 18.1 Å². The SMILES string of the molecule is CC(=O)NCC(=O)NC(=CSCC=C(C)CCC=C(C)CCC=C(C)C)C(=O)O. The minimum absolute atomic E-state index is 0.202. The number of hydrogen-bond acceptors (Lipinski definition) is 4. The largest absolute Gasteiger partial charge is 0.477 e.